The van der Waals surface area contributed by atoms with Gasteiger partial charge in [0.1, 0.15) is 5.76 Å². The summed E-state index contributed by atoms with van der Waals surface area (Å²) in [6.07, 6.45) is 0.412. The van der Waals surface area contributed by atoms with Crippen molar-refractivity contribution in [1.29, 1.82) is 5.26 Å². The Morgan fingerprint density at radius 1 is 1.00 bits per heavy atom. The number of rotatable bonds is 5. The molecule has 0 saturated carbocycles. The maximum atomic E-state index is 11.3. The molecular weight excluding hydrogens is 422 g/mol. The number of benzene rings is 3. The number of hydrogen-bond acceptors (Lipinski definition) is 5. The van der Waals surface area contributed by atoms with Crippen molar-refractivity contribution in [3.63, 3.8) is 0 Å². The molecule has 0 unspecified atom stereocenters. The number of hydrogen-bond donors (Lipinski definition) is 2. The lowest BCUT2D eigenvalue weighted by molar-refractivity contribution is -0.00521. The maximum absolute atomic E-state index is 11.3. The Morgan fingerprint density at radius 3 is 2.24 bits per heavy atom. The van der Waals surface area contributed by atoms with Gasteiger partial charge >= 0.3 is 0 Å². The van der Waals surface area contributed by atoms with Crippen molar-refractivity contribution in [2.75, 3.05) is 30.4 Å². The average molecular weight is 454 g/mol. The van der Waals surface area contributed by atoms with Crippen LogP contribution in [0.15, 0.2) is 66.7 Å². The summed E-state index contributed by atoms with van der Waals surface area (Å²) in [7, 11) is 1.85. The Hall–Kier alpha value is -3.75. The number of morpholine rings is 1. The zero-order chi connectivity index (χ0) is 24.2. The Kier molecular flexibility index (Phi) is 6.90. The fourth-order valence-electron chi connectivity index (χ4n) is 4.63. The van der Waals surface area contributed by atoms with Gasteiger partial charge in [0.25, 0.3) is 0 Å². The fourth-order valence-corrected chi connectivity index (χ4v) is 4.63. The van der Waals surface area contributed by atoms with E-state index >= 15 is 0 Å². The highest BCUT2D eigenvalue weighted by atomic mass is 16.5. The number of nitriles is 1. The van der Waals surface area contributed by atoms with E-state index in [1.54, 1.807) is 12.1 Å². The number of para-hydroxylation sites is 1. The van der Waals surface area contributed by atoms with Gasteiger partial charge < -0.3 is 20.1 Å². The zero-order valence-corrected chi connectivity index (χ0v) is 20.2. The lowest BCUT2D eigenvalue weighted by atomic mass is 9.95. The predicted octanol–water partition coefficient (Wildman–Crippen LogP) is 6.33. The maximum Gasteiger partial charge on any atom is 0.128 e. The van der Waals surface area contributed by atoms with Crippen LogP contribution in [0.25, 0.3) is 22.5 Å². The minimum absolute atomic E-state index is 0.206. The molecule has 0 aromatic heterocycles. The van der Waals surface area contributed by atoms with Gasteiger partial charge in [-0.2, -0.15) is 5.26 Å². The van der Waals surface area contributed by atoms with Crippen LogP contribution in [0.3, 0.4) is 0 Å². The van der Waals surface area contributed by atoms with Crippen LogP contribution in [-0.4, -0.2) is 37.5 Å². The first-order valence-corrected chi connectivity index (χ1v) is 11.6. The highest BCUT2D eigenvalue weighted by Gasteiger charge is 2.22. The number of aliphatic hydroxyl groups excluding tert-OH is 1. The Bertz CT molecular complexity index is 1210. The minimum Gasteiger partial charge on any atom is -0.507 e. The first kappa shape index (κ1) is 23.4. The summed E-state index contributed by atoms with van der Waals surface area (Å²) in [4.78, 5) is 2.35. The van der Waals surface area contributed by atoms with Crippen LogP contribution in [0.2, 0.25) is 0 Å². The van der Waals surface area contributed by atoms with Crippen molar-refractivity contribution in [3.05, 3.63) is 83.4 Å². The molecule has 3 aromatic carbocycles. The highest BCUT2D eigenvalue weighted by Crippen LogP contribution is 2.36. The van der Waals surface area contributed by atoms with E-state index in [1.165, 1.54) is 0 Å². The molecule has 1 heterocycles. The van der Waals surface area contributed by atoms with Crippen LogP contribution in [0.1, 0.15) is 37.5 Å². The fraction of sp³-hybridized carbons (Fsp3) is 0.276. The number of aliphatic hydroxyl groups is 1. The van der Waals surface area contributed by atoms with Crippen LogP contribution < -0.4 is 10.2 Å². The highest BCUT2D eigenvalue weighted by molar-refractivity contribution is 5.94. The second-order valence-electron chi connectivity index (χ2n) is 8.85. The summed E-state index contributed by atoms with van der Waals surface area (Å²) >= 11 is 0. The summed E-state index contributed by atoms with van der Waals surface area (Å²) in [5.41, 5.74) is 7.10. The van der Waals surface area contributed by atoms with Gasteiger partial charge in [-0.05, 0) is 67.8 Å². The molecule has 4 rings (SSSR count). The third-order valence-corrected chi connectivity index (χ3v) is 6.33. The molecule has 0 spiro atoms. The molecule has 1 fully saturated rings. The molecule has 5 heteroatoms. The van der Waals surface area contributed by atoms with E-state index in [2.05, 4.69) is 54.4 Å². The van der Waals surface area contributed by atoms with Gasteiger partial charge in [0.15, 0.2) is 0 Å². The topological polar surface area (TPSA) is 68.5 Å². The Balaban J connectivity index is 1.66. The van der Waals surface area contributed by atoms with Crippen molar-refractivity contribution in [3.8, 4) is 17.2 Å². The second kappa shape index (κ2) is 10.0. The van der Waals surface area contributed by atoms with E-state index in [4.69, 9.17) is 10.00 Å². The SMILES string of the molecule is CNc1c(/C(O)=C(\C)c2ccc(N3C[C@@H](C)O[C@@H](C)C3)cc2)cccc1-c1ccc(C#N)cc1. The van der Waals surface area contributed by atoms with E-state index in [0.29, 0.717) is 5.56 Å². The summed E-state index contributed by atoms with van der Waals surface area (Å²) < 4.78 is 5.85. The molecule has 2 atom stereocenters. The van der Waals surface area contributed by atoms with Crippen LogP contribution in [0.5, 0.6) is 0 Å². The lowest BCUT2D eigenvalue weighted by Crippen LogP contribution is -2.45. The number of anilines is 2. The van der Waals surface area contributed by atoms with Gasteiger partial charge in [-0.25, -0.2) is 0 Å². The van der Waals surface area contributed by atoms with Crippen LogP contribution in [0, 0.1) is 11.3 Å². The minimum atomic E-state index is 0.206. The van der Waals surface area contributed by atoms with E-state index in [0.717, 1.165) is 52.3 Å². The molecular formula is C29H31N3O2. The normalized spacial score (nSPS) is 18.7. The van der Waals surface area contributed by atoms with E-state index in [1.807, 2.05) is 44.3 Å². The van der Waals surface area contributed by atoms with Crippen molar-refractivity contribution in [1.82, 2.24) is 0 Å². The van der Waals surface area contributed by atoms with Gasteiger partial charge in [-0.3, -0.25) is 0 Å². The van der Waals surface area contributed by atoms with Gasteiger partial charge in [0.2, 0.25) is 0 Å². The lowest BCUT2D eigenvalue weighted by Gasteiger charge is -2.36. The van der Waals surface area contributed by atoms with E-state index in [-0.39, 0.29) is 18.0 Å². The van der Waals surface area contributed by atoms with Crippen molar-refractivity contribution in [2.24, 2.45) is 0 Å². The first-order chi connectivity index (χ1) is 16.4. The molecule has 1 aliphatic rings. The van der Waals surface area contributed by atoms with Crippen LogP contribution in [-0.2, 0) is 4.74 Å². The molecule has 2 N–H and O–H groups in total. The summed E-state index contributed by atoms with van der Waals surface area (Å²) in [6, 6.07) is 23.9. The van der Waals surface area contributed by atoms with Gasteiger partial charge in [0, 0.05) is 37.0 Å². The van der Waals surface area contributed by atoms with Crippen LogP contribution in [0.4, 0.5) is 11.4 Å². The third kappa shape index (κ3) is 4.78. The van der Waals surface area contributed by atoms with Gasteiger partial charge in [0.05, 0.1) is 29.5 Å². The van der Waals surface area contributed by atoms with Crippen molar-refractivity contribution < 1.29 is 9.84 Å². The largest absolute Gasteiger partial charge is 0.507 e. The van der Waals surface area contributed by atoms with Crippen molar-refractivity contribution >= 4 is 22.7 Å². The summed E-state index contributed by atoms with van der Waals surface area (Å²) in [5, 5.41) is 23.6. The average Bonchev–Trinajstić information content (AvgIpc) is 2.87. The zero-order valence-electron chi connectivity index (χ0n) is 20.2. The number of ether oxygens (including phenoxy) is 1. The molecule has 5 nitrogen and oxygen atoms in total. The monoisotopic (exact) mass is 453 g/mol. The second-order valence-corrected chi connectivity index (χ2v) is 8.85. The summed E-state index contributed by atoms with van der Waals surface area (Å²) in [6.45, 7) is 7.90. The molecule has 0 amide bonds. The Morgan fingerprint density at radius 2 is 1.65 bits per heavy atom. The standard InChI is InChI=1S/C29H31N3O2/c1-19-17-32(18-20(2)34-19)25-14-12-23(13-15-25)21(3)29(33)27-7-5-6-26(28(27)31-4)24-10-8-22(16-30)9-11-24/h5-15,19-20,31,33H,17-18H2,1-4H3/b29-21-/t19-,20+. The predicted molar refractivity (Wildman–Crippen MR) is 140 cm³/mol. The molecule has 3 aromatic rings. The molecule has 1 aliphatic heterocycles. The smallest absolute Gasteiger partial charge is 0.128 e. The number of nitrogens with zero attached hydrogens (tertiary/aromatic N) is 2. The molecule has 0 radical (unpaired) electrons. The molecule has 174 valence electrons. The molecule has 1 saturated heterocycles. The van der Waals surface area contributed by atoms with Crippen LogP contribution >= 0.6 is 0 Å². The van der Waals surface area contributed by atoms with E-state index < -0.39 is 0 Å². The van der Waals surface area contributed by atoms with Gasteiger partial charge in [-0.1, -0.05) is 36.4 Å². The summed E-state index contributed by atoms with van der Waals surface area (Å²) in [5.74, 6) is 0.237. The Labute approximate surface area is 201 Å². The quantitative estimate of drug-likeness (QED) is 0.349. The first-order valence-electron chi connectivity index (χ1n) is 11.6. The molecule has 0 bridgehead atoms. The van der Waals surface area contributed by atoms with Crippen molar-refractivity contribution in [2.45, 2.75) is 33.0 Å². The van der Waals surface area contributed by atoms with E-state index in [9.17, 15) is 5.11 Å². The third-order valence-electron chi connectivity index (χ3n) is 6.33. The molecule has 0 aliphatic carbocycles. The molecule has 34 heavy (non-hydrogen) atoms. The number of allylic oxidation sites excluding steroid dienone is 1. The van der Waals surface area contributed by atoms with Gasteiger partial charge in [-0.15, -0.1) is 0 Å². The number of nitrogens with one attached hydrogen (secondary N) is 1.